The molecule has 0 bridgehead atoms. The van der Waals surface area contributed by atoms with Crippen molar-refractivity contribution in [1.82, 2.24) is 9.55 Å². The van der Waals surface area contributed by atoms with Crippen LogP contribution in [0.25, 0.3) is 0 Å². The van der Waals surface area contributed by atoms with Gasteiger partial charge >= 0.3 is 5.82 Å². The molecule has 0 unspecified atom stereocenters. The number of aromatic nitrogens is 2. The van der Waals surface area contributed by atoms with Crippen LogP contribution in [0.4, 0.5) is 5.82 Å². The predicted octanol–water partition coefficient (Wildman–Crippen LogP) is 1.35. The summed E-state index contributed by atoms with van der Waals surface area (Å²) < 4.78 is 23.1. The average Bonchev–Trinajstić information content (AvgIpc) is 2.86. The zero-order valence-electron chi connectivity index (χ0n) is 9.90. The highest BCUT2D eigenvalue weighted by atomic mass is 32.2. The number of sulfone groups is 1. The number of nitrogens with one attached hydrogen (secondary N) is 1. The van der Waals surface area contributed by atoms with Crippen LogP contribution in [0.15, 0.2) is 41.7 Å². The van der Waals surface area contributed by atoms with Gasteiger partial charge in [-0.3, -0.25) is 0 Å². The van der Waals surface area contributed by atoms with Crippen LogP contribution in [0.1, 0.15) is 0 Å². The van der Waals surface area contributed by atoms with Crippen LogP contribution in [0.2, 0.25) is 0 Å². The van der Waals surface area contributed by atoms with Gasteiger partial charge in [0, 0.05) is 18.6 Å². The Morgan fingerprint density at radius 2 is 1.89 bits per heavy atom. The normalized spacial score (nSPS) is 10.6. The van der Waals surface area contributed by atoms with Crippen molar-refractivity contribution in [2.45, 2.75) is 4.90 Å². The van der Waals surface area contributed by atoms with Gasteiger partial charge in [0.05, 0.1) is 13.1 Å². The van der Waals surface area contributed by atoms with E-state index in [1.54, 1.807) is 0 Å². The second-order valence-corrected chi connectivity index (χ2v) is 5.57. The molecule has 0 aliphatic rings. The molecule has 0 aromatic carbocycles. The number of aromatic amines is 1. The van der Waals surface area contributed by atoms with Crippen LogP contribution in [-0.2, 0) is 16.9 Å². The van der Waals surface area contributed by atoms with Crippen molar-refractivity contribution in [3.05, 3.63) is 46.9 Å². The van der Waals surface area contributed by atoms with Crippen LogP contribution >= 0.6 is 0 Å². The number of rotatable bonds is 2. The van der Waals surface area contributed by atoms with E-state index < -0.39 is 14.8 Å². The molecule has 0 aliphatic heterocycles. The Bertz CT molecular complexity index is 596. The molecule has 18 heavy (non-hydrogen) atoms. The smallest absolute Gasteiger partial charge is 0.324 e. The molecule has 0 saturated heterocycles. The van der Waals surface area contributed by atoms with Gasteiger partial charge in [-0.25, -0.2) is 13.0 Å². The summed E-state index contributed by atoms with van der Waals surface area (Å²) in [5, 5.41) is 10.4. The van der Waals surface area contributed by atoms with E-state index in [2.05, 4.69) is 4.98 Å². The van der Waals surface area contributed by atoms with E-state index in [4.69, 9.17) is 0 Å². The first kappa shape index (κ1) is 14.0. The fourth-order valence-electron chi connectivity index (χ4n) is 1.19. The fraction of sp³-hybridized carbons (Fsp3) is 0.200. The molecule has 0 radical (unpaired) electrons. The van der Waals surface area contributed by atoms with Crippen molar-refractivity contribution >= 4 is 15.7 Å². The van der Waals surface area contributed by atoms with Gasteiger partial charge in [0.15, 0.2) is 9.84 Å². The van der Waals surface area contributed by atoms with Gasteiger partial charge in [0.25, 0.3) is 0 Å². The maximum Gasteiger partial charge on any atom is 0.324 e. The minimum absolute atomic E-state index is 0.0401. The molecule has 0 saturated carbocycles. The van der Waals surface area contributed by atoms with Crippen LogP contribution in [0.3, 0.4) is 0 Å². The lowest BCUT2D eigenvalue weighted by Crippen LogP contribution is -1.94. The molecular weight excluding hydrogens is 258 g/mol. The average molecular weight is 271 g/mol. The molecule has 2 heterocycles. The Morgan fingerprint density at radius 1 is 1.33 bits per heavy atom. The van der Waals surface area contributed by atoms with Crippen molar-refractivity contribution in [3.63, 3.8) is 0 Å². The third-order valence-corrected chi connectivity index (χ3v) is 3.14. The van der Waals surface area contributed by atoms with Gasteiger partial charge in [-0.05, 0) is 17.1 Å². The summed E-state index contributed by atoms with van der Waals surface area (Å²) in [5.41, 5.74) is 0. The molecule has 0 fully saturated rings. The molecule has 0 spiro atoms. The summed E-state index contributed by atoms with van der Waals surface area (Å²) in [6.45, 7) is 0. The molecule has 0 aliphatic carbocycles. The first-order valence-electron chi connectivity index (χ1n) is 4.91. The maximum absolute atomic E-state index is 11.0. The van der Waals surface area contributed by atoms with Crippen molar-refractivity contribution in [1.29, 1.82) is 0 Å². The molecule has 0 amide bonds. The Morgan fingerprint density at radius 3 is 2.11 bits per heavy atom. The van der Waals surface area contributed by atoms with Gasteiger partial charge in [-0.2, -0.15) is 0 Å². The largest absolute Gasteiger partial charge is 0.368 e. The molecule has 2 rings (SSSR count). The minimum Gasteiger partial charge on any atom is -0.368 e. The molecule has 2 aromatic rings. The highest BCUT2D eigenvalue weighted by Gasteiger charge is 2.18. The van der Waals surface area contributed by atoms with E-state index in [0.717, 1.165) is 16.9 Å². The SMILES string of the molecule is Cn1cc(S(C)(=O)=O)cc1[N+](=O)[O-].c1cc[nH]c1. The summed E-state index contributed by atoms with van der Waals surface area (Å²) in [4.78, 5) is 12.5. The number of aryl methyl sites for hydroxylation is 1. The van der Waals surface area contributed by atoms with E-state index in [9.17, 15) is 18.5 Å². The molecule has 2 aromatic heterocycles. The van der Waals surface area contributed by atoms with Crippen LogP contribution in [-0.4, -0.2) is 29.1 Å². The second-order valence-electron chi connectivity index (χ2n) is 3.56. The number of hydrogen-bond donors (Lipinski definition) is 1. The van der Waals surface area contributed by atoms with E-state index in [1.165, 1.54) is 13.2 Å². The van der Waals surface area contributed by atoms with Gasteiger partial charge in [-0.15, -0.1) is 0 Å². The first-order chi connectivity index (χ1) is 8.32. The standard InChI is InChI=1S/C6H8N2O4S.C4H5N/c1-7-4-5(13(2,11)12)3-6(7)8(9)10;1-2-4-5-3-1/h3-4H,1-2H3;1-5H. The lowest BCUT2D eigenvalue weighted by Gasteiger charge is -1.91. The van der Waals surface area contributed by atoms with E-state index in [0.29, 0.717) is 0 Å². The zero-order chi connectivity index (χ0) is 13.8. The third-order valence-electron chi connectivity index (χ3n) is 2.06. The Balaban J connectivity index is 0.000000269. The number of nitrogens with zero attached hydrogens (tertiary/aromatic N) is 2. The minimum atomic E-state index is -3.36. The zero-order valence-corrected chi connectivity index (χ0v) is 10.7. The van der Waals surface area contributed by atoms with Gasteiger partial charge in [0.2, 0.25) is 0 Å². The third kappa shape index (κ3) is 3.74. The van der Waals surface area contributed by atoms with E-state index in [1.807, 2.05) is 24.5 Å². The Labute approximate surface area is 104 Å². The summed E-state index contributed by atoms with van der Waals surface area (Å²) >= 11 is 0. The van der Waals surface area contributed by atoms with Gasteiger partial charge in [-0.1, -0.05) is 0 Å². The number of nitro groups is 1. The molecule has 7 nitrogen and oxygen atoms in total. The topological polar surface area (TPSA) is 98.0 Å². The monoisotopic (exact) mass is 271 g/mol. The molecule has 1 N–H and O–H groups in total. The van der Waals surface area contributed by atoms with Crippen molar-refractivity contribution in [3.8, 4) is 0 Å². The summed E-state index contributed by atoms with van der Waals surface area (Å²) in [6, 6.07) is 4.93. The van der Waals surface area contributed by atoms with Crippen molar-refractivity contribution in [2.24, 2.45) is 7.05 Å². The number of hydrogen-bond acceptors (Lipinski definition) is 4. The van der Waals surface area contributed by atoms with E-state index in [-0.39, 0.29) is 10.7 Å². The lowest BCUT2D eigenvalue weighted by atomic mass is 10.6. The summed E-state index contributed by atoms with van der Waals surface area (Å²) in [7, 11) is -1.94. The highest BCUT2D eigenvalue weighted by Crippen LogP contribution is 2.18. The van der Waals surface area contributed by atoms with Crippen molar-refractivity contribution in [2.75, 3.05) is 6.26 Å². The van der Waals surface area contributed by atoms with Crippen LogP contribution in [0, 0.1) is 10.1 Å². The lowest BCUT2D eigenvalue weighted by molar-refractivity contribution is -0.391. The van der Waals surface area contributed by atoms with Crippen LogP contribution in [0.5, 0.6) is 0 Å². The molecule has 0 atom stereocenters. The number of H-pyrrole nitrogens is 1. The Hall–Kier alpha value is -2.09. The summed E-state index contributed by atoms with van der Waals surface area (Å²) in [6.07, 6.45) is 5.97. The maximum atomic E-state index is 11.0. The Kier molecular flexibility index (Phi) is 4.27. The predicted molar refractivity (Wildman–Crippen MR) is 66.0 cm³/mol. The molecule has 98 valence electrons. The molecular formula is C10H13N3O4S. The van der Waals surface area contributed by atoms with Gasteiger partial charge < -0.3 is 15.1 Å². The quantitative estimate of drug-likeness (QED) is 0.658. The second kappa shape index (κ2) is 5.50. The van der Waals surface area contributed by atoms with E-state index >= 15 is 0 Å². The van der Waals surface area contributed by atoms with Crippen LogP contribution < -0.4 is 0 Å². The molecule has 8 heteroatoms. The summed E-state index contributed by atoms with van der Waals surface area (Å²) in [5.74, 6) is -0.236. The fourth-order valence-corrected chi connectivity index (χ4v) is 1.85. The van der Waals surface area contributed by atoms with Crippen molar-refractivity contribution < 1.29 is 13.3 Å². The van der Waals surface area contributed by atoms with Gasteiger partial charge in [0.1, 0.15) is 11.1 Å². The highest BCUT2D eigenvalue weighted by molar-refractivity contribution is 7.90. The first-order valence-corrected chi connectivity index (χ1v) is 6.80.